The summed E-state index contributed by atoms with van der Waals surface area (Å²) >= 11 is 6.10. The minimum absolute atomic E-state index is 0.230. The fraction of sp³-hybridized carbons (Fsp3) is 0.632. The Bertz CT molecular complexity index is 582. The molecule has 1 aromatic carbocycles. The van der Waals surface area contributed by atoms with Crippen molar-refractivity contribution in [2.75, 3.05) is 52.9 Å². The Balaban J connectivity index is 1.48. The van der Waals surface area contributed by atoms with Crippen molar-refractivity contribution in [1.29, 1.82) is 0 Å². The third kappa shape index (κ3) is 4.73. The Labute approximate surface area is 155 Å². The van der Waals surface area contributed by atoms with E-state index in [0.717, 1.165) is 58.7 Å². The number of piperazine rings is 1. The molecule has 25 heavy (non-hydrogen) atoms. The summed E-state index contributed by atoms with van der Waals surface area (Å²) in [5, 5.41) is 10.8. The van der Waals surface area contributed by atoms with E-state index in [9.17, 15) is 9.90 Å². The molecule has 0 aromatic heterocycles. The van der Waals surface area contributed by atoms with Gasteiger partial charge in [0.25, 0.3) is 5.91 Å². The van der Waals surface area contributed by atoms with Gasteiger partial charge >= 0.3 is 0 Å². The van der Waals surface area contributed by atoms with Crippen LogP contribution in [0.3, 0.4) is 0 Å². The van der Waals surface area contributed by atoms with Crippen LogP contribution in [-0.2, 0) is 4.79 Å². The number of amides is 1. The molecule has 2 heterocycles. The zero-order chi connectivity index (χ0) is 17.8. The van der Waals surface area contributed by atoms with E-state index in [4.69, 9.17) is 11.6 Å². The van der Waals surface area contributed by atoms with Gasteiger partial charge in [0.2, 0.25) is 0 Å². The zero-order valence-corrected chi connectivity index (χ0v) is 15.7. The summed E-state index contributed by atoms with van der Waals surface area (Å²) in [6.07, 6.45) is 0.851. The van der Waals surface area contributed by atoms with Crippen molar-refractivity contribution in [3.63, 3.8) is 0 Å². The Kier molecular flexibility index (Phi) is 6.34. The molecule has 0 bridgehead atoms. The summed E-state index contributed by atoms with van der Waals surface area (Å²) in [4.78, 5) is 19.3. The second-order valence-corrected chi connectivity index (χ2v) is 7.70. The molecule has 1 atom stereocenters. The van der Waals surface area contributed by atoms with Crippen molar-refractivity contribution in [3.05, 3.63) is 34.9 Å². The first-order valence-corrected chi connectivity index (χ1v) is 9.54. The molecule has 2 aliphatic heterocycles. The molecule has 0 aliphatic carbocycles. The number of benzene rings is 1. The van der Waals surface area contributed by atoms with E-state index in [2.05, 4.69) is 16.8 Å². The number of piperidine rings is 1. The van der Waals surface area contributed by atoms with Crippen molar-refractivity contribution in [1.82, 2.24) is 14.7 Å². The number of likely N-dealkylation sites (N-methyl/N-ethyl adjacent to an activating group) is 1. The van der Waals surface area contributed by atoms with Crippen LogP contribution in [0.15, 0.2) is 24.3 Å². The van der Waals surface area contributed by atoms with E-state index < -0.39 is 6.10 Å². The Morgan fingerprint density at radius 1 is 1.16 bits per heavy atom. The number of aliphatic hydroxyl groups is 1. The quantitative estimate of drug-likeness (QED) is 0.884. The van der Waals surface area contributed by atoms with Crippen molar-refractivity contribution in [2.45, 2.75) is 18.9 Å². The first kappa shape index (κ1) is 18.6. The molecule has 2 fully saturated rings. The Morgan fingerprint density at radius 2 is 1.80 bits per heavy atom. The number of aliphatic hydroxyl groups excluding tert-OH is 1. The normalized spacial score (nSPS) is 22.1. The third-order valence-electron chi connectivity index (χ3n) is 5.47. The number of nitrogens with zero attached hydrogens (tertiary/aromatic N) is 3. The maximum atomic E-state index is 12.6. The topological polar surface area (TPSA) is 47.0 Å². The van der Waals surface area contributed by atoms with Crippen molar-refractivity contribution >= 4 is 17.5 Å². The number of likely N-dealkylation sites (tertiary alicyclic amines) is 1. The van der Waals surface area contributed by atoms with Gasteiger partial charge in [0.05, 0.1) is 0 Å². The van der Waals surface area contributed by atoms with Gasteiger partial charge in [0, 0.05) is 56.4 Å². The van der Waals surface area contributed by atoms with Crippen LogP contribution in [0.1, 0.15) is 24.5 Å². The maximum Gasteiger partial charge on any atom is 0.256 e. The predicted molar refractivity (Wildman–Crippen MR) is 99.7 cm³/mol. The van der Waals surface area contributed by atoms with Crippen LogP contribution in [0.25, 0.3) is 0 Å². The average molecular weight is 366 g/mol. The molecular formula is C19H28ClN3O2. The minimum Gasteiger partial charge on any atom is -0.378 e. The van der Waals surface area contributed by atoms with E-state index in [1.54, 1.807) is 29.2 Å². The maximum absolute atomic E-state index is 12.6. The number of carbonyl (C=O) groups excluding carboxylic acids is 1. The Morgan fingerprint density at radius 3 is 2.44 bits per heavy atom. The van der Waals surface area contributed by atoms with Gasteiger partial charge in [-0.05, 0) is 31.9 Å². The van der Waals surface area contributed by atoms with Gasteiger partial charge in [-0.2, -0.15) is 0 Å². The predicted octanol–water partition coefficient (Wildman–Crippen LogP) is 1.86. The molecule has 138 valence electrons. The molecule has 1 amide bonds. The van der Waals surface area contributed by atoms with Crippen LogP contribution >= 0.6 is 11.6 Å². The van der Waals surface area contributed by atoms with Gasteiger partial charge in [-0.15, -0.1) is 0 Å². The molecule has 5 nitrogen and oxygen atoms in total. The second-order valence-electron chi connectivity index (χ2n) is 7.30. The fourth-order valence-electron chi connectivity index (χ4n) is 3.73. The number of rotatable bonds is 4. The highest BCUT2D eigenvalue weighted by Crippen LogP contribution is 2.26. The summed E-state index contributed by atoms with van der Waals surface area (Å²) in [5.74, 6) is 0.413. The summed E-state index contributed by atoms with van der Waals surface area (Å²) in [5.41, 5.74) is 0.494. The van der Waals surface area contributed by atoms with E-state index in [1.165, 1.54) is 0 Å². The minimum atomic E-state index is -1.16. The van der Waals surface area contributed by atoms with E-state index >= 15 is 0 Å². The van der Waals surface area contributed by atoms with Gasteiger partial charge in [-0.25, -0.2) is 0 Å². The van der Waals surface area contributed by atoms with E-state index in [1.807, 2.05) is 0 Å². The number of hydrogen-bond donors (Lipinski definition) is 1. The lowest BCUT2D eigenvalue weighted by Crippen LogP contribution is -2.48. The number of hydrogen-bond acceptors (Lipinski definition) is 4. The largest absolute Gasteiger partial charge is 0.378 e. The molecular weight excluding hydrogens is 338 g/mol. The highest BCUT2D eigenvalue weighted by atomic mass is 35.5. The van der Waals surface area contributed by atoms with Gasteiger partial charge in [0.15, 0.2) is 6.10 Å². The SMILES string of the molecule is CN1CCN(CC2CCN(C(=O)[C@H](O)c3ccccc3Cl)CC2)CC1. The number of carbonyl (C=O) groups is 1. The van der Waals surface area contributed by atoms with Gasteiger partial charge in [-0.3, -0.25) is 4.79 Å². The van der Waals surface area contributed by atoms with Crippen molar-refractivity contribution in [2.24, 2.45) is 5.92 Å². The third-order valence-corrected chi connectivity index (χ3v) is 5.82. The lowest BCUT2D eigenvalue weighted by Gasteiger charge is -2.38. The lowest BCUT2D eigenvalue weighted by atomic mass is 9.95. The van der Waals surface area contributed by atoms with Crippen LogP contribution in [0.2, 0.25) is 5.02 Å². The standard InChI is InChI=1S/C19H28ClN3O2/c1-21-10-12-22(13-11-21)14-15-6-8-23(9-7-15)19(25)18(24)16-4-2-3-5-17(16)20/h2-5,15,18,24H,6-14H2,1H3/t18-/m1/s1. The van der Waals surface area contributed by atoms with Crippen LogP contribution in [0, 0.1) is 5.92 Å². The molecule has 0 saturated carbocycles. The fourth-order valence-corrected chi connectivity index (χ4v) is 3.97. The van der Waals surface area contributed by atoms with Crippen LogP contribution < -0.4 is 0 Å². The number of halogens is 1. The molecule has 6 heteroatoms. The first-order valence-electron chi connectivity index (χ1n) is 9.17. The van der Waals surface area contributed by atoms with Crippen LogP contribution in [0.4, 0.5) is 0 Å². The van der Waals surface area contributed by atoms with E-state index in [-0.39, 0.29) is 5.91 Å². The Hall–Kier alpha value is -1.14. The van der Waals surface area contributed by atoms with Crippen LogP contribution in [0.5, 0.6) is 0 Å². The molecule has 1 aromatic rings. The van der Waals surface area contributed by atoms with Crippen molar-refractivity contribution in [3.8, 4) is 0 Å². The molecule has 0 radical (unpaired) electrons. The summed E-state index contributed by atoms with van der Waals surface area (Å²) in [6.45, 7) is 7.13. The summed E-state index contributed by atoms with van der Waals surface area (Å²) in [7, 11) is 2.17. The highest BCUT2D eigenvalue weighted by molar-refractivity contribution is 6.31. The van der Waals surface area contributed by atoms with Crippen LogP contribution in [-0.4, -0.2) is 78.6 Å². The molecule has 0 unspecified atom stereocenters. The lowest BCUT2D eigenvalue weighted by molar-refractivity contribution is -0.142. The summed E-state index contributed by atoms with van der Waals surface area (Å²) < 4.78 is 0. The van der Waals surface area contributed by atoms with Gasteiger partial charge < -0.3 is 19.8 Å². The van der Waals surface area contributed by atoms with Gasteiger partial charge in [-0.1, -0.05) is 29.8 Å². The molecule has 2 aliphatic rings. The van der Waals surface area contributed by atoms with Gasteiger partial charge in [0.1, 0.15) is 0 Å². The van der Waals surface area contributed by atoms with E-state index in [0.29, 0.717) is 16.5 Å². The summed E-state index contributed by atoms with van der Waals surface area (Å²) in [6, 6.07) is 7.01. The average Bonchev–Trinajstić information content (AvgIpc) is 2.63. The molecule has 3 rings (SSSR count). The smallest absolute Gasteiger partial charge is 0.256 e. The molecule has 1 N–H and O–H groups in total. The van der Waals surface area contributed by atoms with Crippen molar-refractivity contribution < 1.29 is 9.90 Å². The second kappa shape index (κ2) is 8.49. The monoisotopic (exact) mass is 365 g/mol. The zero-order valence-electron chi connectivity index (χ0n) is 14.9. The molecule has 2 saturated heterocycles. The first-order chi connectivity index (χ1) is 12.0. The molecule has 0 spiro atoms. The highest BCUT2D eigenvalue weighted by Gasteiger charge is 2.29.